The van der Waals surface area contributed by atoms with Crippen LogP contribution in [0.25, 0.3) is 10.6 Å². The van der Waals surface area contributed by atoms with E-state index in [0.717, 1.165) is 21.7 Å². The third-order valence-corrected chi connectivity index (χ3v) is 4.77. The van der Waals surface area contributed by atoms with E-state index in [-0.39, 0.29) is 12.5 Å². The zero-order valence-corrected chi connectivity index (χ0v) is 15.2. The van der Waals surface area contributed by atoms with Crippen LogP contribution in [-0.4, -0.2) is 22.7 Å². The van der Waals surface area contributed by atoms with Gasteiger partial charge in [0.2, 0.25) is 5.13 Å². The van der Waals surface area contributed by atoms with Gasteiger partial charge in [0.15, 0.2) is 6.61 Å². The van der Waals surface area contributed by atoms with Gasteiger partial charge in [0, 0.05) is 5.56 Å². The van der Waals surface area contributed by atoms with E-state index in [0.29, 0.717) is 10.9 Å². The predicted molar refractivity (Wildman–Crippen MR) is 100 cm³/mol. The van der Waals surface area contributed by atoms with E-state index in [9.17, 15) is 4.79 Å². The largest absolute Gasteiger partial charge is 0.483 e. The van der Waals surface area contributed by atoms with Crippen LogP contribution in [0.3, 0.4) is 0 Å². The van der Waals surface area contributed by atoms with E-state index >= 15 is 0 Å². The van der Waals surface area contributed by atoms with Gasteiger partial charge in [0.1, 0.15) is 10.8 Å². The molecule has 6 heteroatoms. The second-order valence-electron chi connectivity index (χ2n) is 5.81. The number of carbonyl (C=O) groups excluding carboxylic acids is 1. The van der Waals surface area contributed by atoms with Crippen LogP contribution in [0.5, 0.6) is 5.75 Å². The molecule has 1 heterocycles. The van der Waals surface area contributed by atoms with Crippen molar-refractivity contribution in [3.8, 4) is 16.3 Å². The fourth-order valence-corrected chi connectivity index (χ4v) is 3.03. The highest BCUT2D eigenvalue weighted by atomic mass is 32.1. The Morgan fingerprint density at radius 2 is 1.84 bits per heavy atom. The zero-order valence-electron chi connectivity index (χ0n) is 14.4. The number of aryl methyl sites for hydroxylation is 2. The van der Waals surface area contributed by atoms with Crippen molar-refractivity contribution in [2.24, 2.45) is 0 Å². The average molecular weight is 353 g/mol. The zero-order chi connectivity index (χ0) is 17.8. The van der Waals surface area contributed by atoms with Gasteiger partial charge in [-0.05, 0) is 38.0 Å². The Kier molecular flexibility index (Phi) is 5.09. The number of hydrogen-bond donors (Lipinski definition) is 1. The molecule has 0 aliphatic heterocycles. The molecule has 5 nitrogen and oxygen atoms in total. The van der Waals surface area contributed by atoms with Crippen molar-refractivity contribution in [1.29, 1.82) is 0 Å². The molecule has 1 N–H and O–H groups in total. The average Bonchev–Trinajstić information content (AvgIpc) is 3.05. The predicted octanol–water partition coefficient (Wildman–Crippen LogP) is 4.15. The fourth-order valence-electron chi connectivity index (χ4n) is 2.27. The Bertz CT molecular complexity index is 888. The molecule has 0 saturated heterocycles. The Labute approximate surface area is 150 Å². The van der Waals surface area contributed by atoms with Crippen LogP contribution in [0.4, 0.5) is 5.13 Å². The number of benzene rings is 2. The van der Waals surface area contributed by atoms with Crippen LogP contribution >= 0.6 is 11.3 Å². The van der Waals surface area contributed by atoms with Crippen molar-refractivity contribution in [2.75, 3.05) is 11.9 Å². The van der Waals surface area contributed by atoms with Crippen molar-refractivity contribution in [3.63, 3.8) is 0 Å². The fraction of sp³-hybridized carbons (Fsp3) is 0.211. The van der Waals surface area contributed by atoms with E-state index in [1.807, 2.05) is 63.2 Å². The summed E-state index contributed by atoms with van der Waals surface area (Å²) in [6.45, 7) is 5.95. The first-order valence-electron chi connectivity index (χ1n) is 7.92. The van der Waals surface area contributed by atoms with Gasteiger partial charge < -0.3 is 4.74 Å². The van der Waals surface area contributed by atoms with Gasteiger partial charge in [-0.15, -0.1) is 10.2 Å². The Hall–Kier alpha value is -2.73. The number of anilines is 1. The molecule has 25 heavy (non-hydrogen) atoms. The van der Waals surface area contributed by atoms with Crippen LogP contribution in [0.2, 0.25) is 0 Å². The first-order chi connectivity index (χ1) is 12.0. The molecule has 2 aromatic carbocycles. The highest BCUT2D eigenvalue weighted by molar-refractivity contribution is 7.18. The molecule has 3 rings (SSSR count). The van der Waals surface area contributed by atoms with Crippen molar-refractivity contribution in [1.82, 2.24) is 10.2 Å². The molecule has 1 aromatic heterocycles. The third-order valence-electron chi connectivity index (χ3n) is 3.88. The minimum absolute atomic E-state index is 0.0657. The number of carbonyl (C=O) groups is 1. The van der Waals surface area contributed by atoms with Gasteiger partial charge in [-0.3, -0.25) is 10.1 Å². The number of nitrogens with zero attached hydrogens (tertiary/aromatic N) is 2. The van der Waals surface area contributed by atoms with Gasteiger partial charge in [0.05, 0.1) is 0 Å². The van der Waals surface area contributed by atoms with Gasteiger partial charge in [-0.1, -0.05) is 53.3 Å². The maximum atomic E-state index is 12.1. The monoisotopic (exact) mass is 353 g/mol. The van der Waals surface area contributed by atoms with Gasteiger partial charge in [-0.2, -0.15) is 0 Å². The number of rotatable bonds is 5. The van der Waals surface area contributed by atoms with Gasteiger partial charge in [-0.25, -0.2) is 0 Å². The normalized spacial score (nSPS) is 10.5. The lowest BCUT2D eigenvalue weighted by Crippen LogP contribution is -2.20. The maximum absolute atomic E-state index is 12.1. The van der Waals surface area contributed by atoms with E-state index in [2.05, 4.69) is 15.5 Å². The van der Waals surface area contributed by atoms with E-state index in [4.69, 9.17) is 4.74 Å². The number of ether oxygens (including phenoxy) is 1. The lowest BCUT2D eigenvalue weighted by Gasteiger charge is -2.10. The maximum Gasteiger partial charge on any atom is 0.264 e. The highest BCUT2D eigenvalue weighted by Crippen LogP contribution is 2.26. The standard InChI is InChI=1S/C19H19N3O2S/c1-12-7-9-15(10-8-12)18-21-22-19(25-18)20-17(23)11-24-16-6-4-5-13(2)14(16)3/h4-10H,11H2,1-3H3,(H,20,22,23). The second-order valence-corrected chi connectivity index (χ2v) is 6.79. The number of aromatic nitrogens is 2. The van der Waals surface area contributed by atoms with E-state index < -0.39 is 0 Å². The summed E-state index contributed by atoms with van der Waals surface area (Å²) in [4.78, 5) is 12.1. The topological polar surface area (TPSA) is 64.1 Å². The summed E-state index contributed by atoms with van der Waals surface area (Å²) in [5, 5.41) is 12.1. The summed E-state index contributed by atoms with van der Waals surface area (Å²) in [6, 6.07) is 13.8. The van der Waals surface area contributed by atoms with Crippen molar-refractivity contribution in [2.45, 2.75) is 20.8 Å². The summed E-state index contributed by atoms with van der Waals surface area (Å²) in [5.41, 5.74) is 4.33. The number of amides is 1. The van der Waals surface area contributed by atoms with Crippen molar-refractivity contribution in [3.05, 3.63) is 59.2 Å². The minimum Gasteiger partial charge on any atom is -0.483 e. The van der Waals surface area contributed by atoms with Crippen LogP contribution in [0.15, 0.2) is 42.5 Å². The molecular formula is C19H19N3O2S. The summed E-state index contributed by atoms with van der Waals surface area (Å²) in [5.74, 6) is 0.459. The van der Waals surface area contributed by atoms with Crippen LogP contribution in [0.1, 0.15) is 16.7 Å². The molecule has 0 radical (unpaired) electrons. The molecule has 0 bridgehead atoms. The molecule has 1 amide bonds. The highest BCUT2D eigenvalue weighted by Gasteiger charge is 2.11. The van der Waals surface area contributed by atoms with Crippen LogP contribution in [-0.2, 0) is 4.79 Å². The summed E-state index contributed by atoms with van der Waals surface area (Å²) in [7, 11) is 0. The Balaban J connectivity index is 1.60. The quantitative estimate of drug-likeness (QED) is 0.748. The summed E-state index contributed by atoms with van der Waals surface area (Å²) in [6.07, 6.45) is 0. The second kappa shape index (κ2) is 7.44. The summed E-state index contributed by atoms with van der Waals surface area (Å²) < 4.78 is 5.60. The Morgan fingerprint density at radius 3 is 2.60 bits per heavy atom. The van der Waals surface area contributed by atoms with Crippen molar-refractivity contribution >= 4 is 22.4 Å². The van der Waals surface area contributed by atoms with E-state index in [1.165, 1.54) is 16.9 Å². The SMILES string of the molecule is Cc1ccc(-c2nnc(NC(=O)COc3cccc(C)c3C)s2)cc1. The molecule has 128 valence electrons. The van der Waals surface area contributed by atoms with E-state index in [1.54, 1.807) is 0 Å². The minimum atomic E-state index is -0.257. The first kappa shape index (κ1) is 17.1. The Morgan fingerprint density at radius 1 is 1.08 bits per heavy atom. The summed E-state index contributed by atoms with van der Waals surface area (Å²) >= 11 is 1.34. The molecule has 0 saturated carbocycles. The lowest BCUT2D eigenvalue weighted by molar-refractivity contribution is -0.118. The van der Waals surface area contributed by atoms with Crippen LogP contribution in [0, 0.1) is 20.8 Å². The first-order valence-corrected chi connectivity index (χ1v) is 8.74. The molecular weight excluding hydrogens is 334 g/mol. The lowest BCUT2D eigenvalue weighted by atomic mass is 10.1. The molecule has 0 unspecified atom stereocenters. The number of nitrogens with one attached hydrogen (secondary N) is 1. The molecule has 0 atom stereocenters. The van der Waals surface area contributed by atoms with Crippen LogP contribution < -0.4 is 10.1 Å². The van der Waals surface area contributed by atoms with Gasteiger partial charge >= 0.3 is 0 Å². The molecule has 0 aliphatic carbocycles. The molecule has 0 aliphatic rings. The molecule has 0 fully saturated rings. The number of hydrogen-bond acceptors (Lipinski definition) is 5. The smallest absolute Gasteiger partial charge is 0.264 e. The van der Waals surface area contributed by atoms with Crippen molar-refractivity contribution < 1.29 is 9.53 Å². The third kappa shape index (κ3) is 4.22. The molecule has 3 aromatic rings. The van der Waals surface area contributed by atoms with Gasteiger partial charge in [0.25, 0.3) is 5.91 Å². The molecule has 0 spiro atoms.